The van der Waals surface area contributed by atoms with Crippen molar-refractivity contribution in [2.24, 2.45) is 0 Å². The number of piperazine rings is 1. The van der Waals surface area contributed by atoms with Gasteiger partial charge in [0.2, 0.25) is 12.4 Å². The minimum atomic E-state index is 0.622. The number of rotatable bonds is 6. The van der Waals surface area contributed by atoms with Gasteiger partial charge in [0.15, 0.2) is 0 Å². The van der Waals surface area contributed by atoms with E-state index in [4.69, 9.17) is 0 Å². The van der Waals surface area contributed by atoms with E-state index in [0.717, 1.165) is 56.9 Å². The summed E-state index contributed by atoms with van der Waals surface area (Å²) in [6.45, 7) is 6.53. The van der Waals surface area contributed by atoms with E-state index in [1.54, 1.807) is 6.20 Å². The van der Waals surface area contributed by atoms with Crippen LogP contribution in [0.1, 0.15) is 11.3 Å². The van der Waals surface area contributed by atoms with E-state index in [9.17, 15) is 4.79 Å². The topological polar surface area (TPSA) is 61.4 Å². The fraction of sp³-hybridized carbons (Fsp3) is 0.389. The van der Waals surface area contributed by atoms with Gasteiger partial charge in [0.05, 0.1) is 0 Å². The first-order chi connectivity index (χ1) is 11.7. The standard InChI is InChI=1S/C18H23N5O/c1-15-5-7-19-18(20-15)21-17-4-2-3-16(13-17)6-8-22-9-11-23(14-24)12-10-22/h2-5,7,13-14H,6,8-12H2,1H3,(H,19,20,21). The van der Waals surface area contributed by atoms with E-state index >= 15 is 0 Å². The van der Waals surface area contributed by atoms with Crippen LogP contribution in [-0.4, -0.2) is 58.9 Å². The van der Waals surface area contributed by atoms with E-state index in [0.29, 0.717) is 5.95 Å². The lowest BCUT2D eigenvalue weighted by Crippen LogP contribution is -2.46. The molecule has 0 saturated carbocycles. The van der Waals surface area contributed by atoms with E-state index < -0.39 is 0 Å². The summed E-state index contributed by atoms with van der Waals surface area (Å²) in [5.74, 6) is 0.622. The van der Waals surface area contributed by atoms with Crippen LogP contribution >= 0.6 is 0 Å². The quantitative estimate of drug-likeness (QED) is 0.821. The van der Waals surface area contributed by atoms with Crippen LogP contribution in [0.25, 0.3) is 0 Å². The average Bonchev–Trinajstić information content (AvgIpc) is 2.61. The number of carbonyl (C=O) groups is 1. The Labute approximate surface area is 142 Å². The number of hydrogen-bond donors (Lipinski definition) is 1. The van der Waals surface area contributed by atoms with Crippen molar-refractivity contribution >= 4 is 18.0 Å². The SMILES string of the molecule is Cc1ccnc(Nc2cccc(CCN3CCN(C=O)CC3)c2)n1. The number of aryl methyl sites for hydroxylation is 1. The molecule has 1 fully saturated rings. The molecule has 126 valence electrons. The van der Waals surface area contributed by atoms with Gasteiger partial charge >= 0.3 is 0 Å². The molecule has 6 heteroatoms. The second-order valence-electron chi connectivity index (χ2n) is 6.08. The molecule has 0 spiro atoms. The predicted molar refractivity (Wildman–Crippen MR) is 94.3 cm³/mol. The van der Waals surface area contributed by atoms with Crippen molar-refractivity contribution in [3.05, 3.63) is 47.8 Å². The number of anilines is 2. The third-order valence-corrected chi connectivity index (χ3v) is 4.25. The summed E-state index contributed by atoms with van der Waals surface area (Å²) in [6.07, 6.45) is 3.69. The van der Waals surface area contributed by atoms with Gasteiger partial charge in [-0.05, 0) is 37.1 Å². The van der Waals surface area contributed by atoms with Crippen LogP contribution in [-0.2, 0) is 11.2 Å². The average molecular weight is 325 g/mol. The first-order valence-electron chi connectivity index (χ1n) is 8.30. The molecule has 1 N–H and O–H groups in total. The van der Waals surface area contributed by atoms with Crippen molar-refractivity contribution in [1.29, 1.82) is 0 Å². The molecule has 0 unspecified atom stereocenters. The molecule has 0 bridgehead atoms. The second kappa shape index (κ2) is 7.88. The molecule has 3 rings (SSSR count). The molecule has 6 nitrogen and oxygen atoms in total. The van der Waals surface area contributed by atoms with Crippen LogP contribution in [0.2, 0.25) is 0 Å². The van der Waals surface area contributed by atoms with Crippen LogP contribution in [0.3, 0.4) is 0 Å². The number of aromatic nitrogens is 2. The van der Waals surface area contributed by atoms with Crippen molar-refractivity contribution in [2.75, 3.05) is 38.0 Å². The lowest BCUT2D eigenvalue weighted by molar-refractivity contribution is -0.119. The molecule has 24 heavy (non-hydrogen) atoms. The molecule has 1 saturated heterocycles. The lowest BCUT2D eigenvalue weighted by atomic mass is 10.1. The van der Waals surface area contributed by atoms with E-state index in [1.807, 2.05) is 24.0 Å². The van der Waals surface area contributed by atoms with Gasteiger partial charge in [-0.25, -0.2) is 9.97 Å². The molecule has 2 heterocycles. The maximum Gasteiger partial charge on any atom is 0.227 e. The second-order valence-corrected chi connectivity index (χ2v) is 6.08. The van der Waals surface area contributed by atoms with Crippen LogP contribution < -0.4 is 5.32 Å². The third-order valence-electron chi connectivity index (χ3n) is 4.25. The molecule has 0 aliphatic carbocycles. The molecule has 1 amide bonds. The van der Waals surface area contributed by atoms with E-state index in [2.05, 4.69) is 38.4 Å². The van der Waals surface area contributed by atoms with Crippen LogP contribution in [0.4, 0.5) is 11.6 Å². The Hall–Kier alpha value is -2.47. The summed E-state index contributed by atoms with van der Waals surface area (Å²) >= 11 is 0. The summed E-state index contributed by atoms with van der Waals surface area (Å²) in [4.78, 5) is 23.6. The lowest BCUT2D eigenvalue weighted by Gasteiger charge is -2.32. The number of hydrogen-bond acceptors (Lipinski definition) is 5. The van der Waals surface area contributed by atoms with Gasteiger partial charge in [0.1, 0.15) is 0 Å². The zero-order chi connectivity index (χ0) is 16.8. The molecular weight excluding hydrogens is 302 g/mol. The highest BCUT2D eigenvalue weighted by Gasteiger charge is 2.14. The Morgan fingerprint density at radius 3 is 2.79 bits per heavy atom. The molecular formula is C18H23N5O. The van der Waals surface area contributed by atoms with E-state index in [1.165, 1.54) is 5.56 Å². The molecule has 1 aliphatic heterocycles. The van der Waals surface area contributed by atoms with E-state index in [-0.39, 0.29) is 0 Å². The molecule has 1 aliphatic rings. The van der Waals surface area contributed by atoms with Crippen LogP contribution in [0.5, 0.6) is 0 Å². The smallest absolute Gasteiger partial charge is 0.227 e. The highest BCUT2D eigenvalue weighted by atomic mass is 16.1. The van der Waals surface area contributed by atoms with Gasteiger partial charge in [-0.1, -0.05) is 12.1 Å². The minimum Gasteiger partial charge on any atom is -0.343 e. The highest BCUT2D eigenvalue weighted by Crippen LogP contribution is 2.15. The first-order valence-corrected chi connectivity index (χ1v) is 8.30. The Kier molecular flexibility index (Phi) is 5.38. The van der Waals surface area contributed by atoms with Crippen molar-refractivity contribution < 1.29 is 4.79 Å². The summed E-state index contributed by atoms with van der Waals surface area (Å²) in [7, 11) is 0. The Morgan fingerprint density at radius 1 is 1.21 bits per heavy atom. The van der Waals surface area contributed by atoms with Gasteiger partial charge in [-0.2, -0.15) is 0 Å². The highest BCUT2D eigenvalue weighted by molar-refractivity contribution is 5.54. The van der Waals surface area contributed by atoms with Gasteiger partial charge in [-0.15, -0.1) is 0 Å². The largest absolute Gasteiger partial charge is 0.343 e. The fourth-order valence-corrected chi connectivity index (χ4v) is 2.82. The molecule has 0 radical (unpaired) electrons. The predicted octanol–water partition coefficient (Wildman–Crippen LogP) is 1.85. The van der Waals surface area contributed by atoms with Crippen molar-refractivity contribution in [3.8, 4) is 0 Å². The third kappa shape index (κ3) is 4.52. The van der Waals surface area contributed by atoms with Gasteiger partial charge in [0.25, 0.3) is 0 Å². The first kappa shape index (κ1) is 16.4. The van der Waals surface area contributed by atoms with Crippen molar-refractivity contribution in [1.82, 2.24) is 19.8 Å². The number of nitrogens with one attached hydrogen (secondary N) is 1. The Balaban J connectivity index is 1.54. The Morgan fingerprint density at radius 2 is 2.04 bits per heavy atom. The summed E-state index contributed by atoms with van der Waals surface area (Å²) in [5.41, 5.74) is 3.23. The summed E-state index contributed by atoms with van der Waals surface area (Å²) < 4.78 is 0. The molecule has 1 aromatic heterocycles. The number of nitrogens with zero attached hydrogens (tertiary/aromatic N) is 4. The van der Waals surface area contributed by atoms with Crippen molar-refractivity contribution in [3.63, 3.8) is 0 Å². The van der Waals surface area contributed by atoms with Crippen LogP contribution in [0.15, 0.2) is 36.5 Å². The maximum absolute atomic E-state index is 10.7. The van der Waals surface area contributed by atoms with Crippen molar-refractivity contribution in [2.45, 2.75) is 13.3 Å². The fourth-order valence-electron chi connectivity index (χ4n) is 2.82. The number of carbonyl (C=O) groups excluding carboxylic acids is 1. The maximum atomic E-state index is 10.7. The Bertz CT molecular complexity index is 683. The number of amides is 1. The summed E-state index contributed by atoms with van der Waals surface area (Å²) in [6, 6.07) is 10.2. The minimum absolute atomic E-state index is 0.622. The molecule has 2 aromatic rings. The normalized spacial score (nSPS) is 15.3. The zero-order valence-corrected chi connectivity index (χ0v) is 14.0. The van der Waals surface area contributed by atoms with Crippen LogP contribution in [0, 0.1) is 6.92 Å². The number of benzene rings is 1. The van der Waals surface area contributed by atoms with Gasteiger partial charge < -0.3 is 10.2 Å². The zero-order valence-electron chi connectivity index (χ0n) is 14.0. The van der Waals surface area contributed by atoms with Gasteiger partial charge in [-0.3, -0.25) is 9.69 Å². The molecule has 1 aromatic carbocycles. The van der Waals surface area contributed by atoms with Gasteiger partial charge in [0, 0.05) is 50.3 Å². The molecule has 0 atom stereocenters. The summed E-state index contributed by atoms with van der Waals surface area (Å²) in [5, 5.41) is 3.26. The monoisotopic (exact) mass is 325 g/mol.